The Balaban J connectivity index is 2.34. The molecule has 3 heteroatoms. The molecule has 1 fully saturated rings. The SMILES string of the molecule is Cc1ccc(N)c(N)c1CC1CO1. The van der Waals surface area contributed by atoms with Crippen LogP contribution < -0.4 is 11.5 Å². The average Bonchev–Trinajstić information content (AvgIpc) is 2.89. The first-order valence-corrected chi connectivity index (χ1v) is 4.43. The maximum absolute atomic E-state index is 5.88. The summed E-state index contributed by atoms with van der Waals surface area (Å²) in [5.41, 5.74) is 15.3. The van der Waals surface area contributed by atoms with E-state index in [1.165, 1.54) is 5.56 Å². The molecule has 1 heterocycles. The molecular weight excluding hydrogens is 164 g/mol. The highest BCUT2D eigenvalue weighted by Gasteiger charge is 2.24. The molecule has 70 valence electrons. The first kappa shape index (κ1) is 8.38. The Morgan fingerprint density at radius 2 is 2.15 bits per heavy atom. The van der Waals surface area contributed by atoms with Crippen molar-refractivity contribution in [3.05, 3.63) is 23.3 Å². The lowest BCUT2D eigenvalue weighted by atomic mass is 10.0. The molecule has 0 saturated carbocycles. The molecule has 1 atom stereocenters. The van der Waals surface area contributed by atoms with Crippen LogP contribution in [0.5, 0.6) is 0 Å². The second kappa shape index (κ2) is 2.92. The highest BCUT2D eigenvalue weighted by Crippen LogP contribution is 2.27. The number of nitrogens with two attached hydrogens (primary N) is 2. The number of rotatable bonds is 2. The van der Waals surface area contributed by atoms with Gasteiger partial charge >= 0.3 is 0 Å². The third-order valence-corrected chi connectivity index (χ3v) is 2.46. The van der Waals surface area contributed by atoms with Crippen LogP contribution in [0.15, 0.2) is 12.1 Å². The zero-order chi connectivity index (χ0) is 9.42. The molecule has 0 amide bonds. The molecule has 1 unspecified atom stereocenters. The fourth-order valence-electron chi connectivity index (χ4n) is 1.48. The Hall–Kier alpha value is -1.22. The van der Waals surface area contributed by atoms with Crippen molar-refractivity contribution >= 4 is 11.4 Å². The van der Waals surface area contributed by atoms with Gasteiger partial charge in [-0.15, -0.1) is 0 Å². The number of epoxide rings is 1. The largest absolute Gasteiger partial charge is 0.397 e. The topological polar surface area (TPSA) is 64.6 Å². The fourth-order valence-corrected chi connectivity index (χ4v) is 1.48. The van der Waals surface area contributed by atoms with E-state index in [9.17, 15) is 0 Å². The minimum Gasteiger partial charge on any atom is -0.397 e. The molecule has 1 saturated heterocycles. The number of nitrogen functional groups attached to an aromatic ring is 2. The molecule has 13 heavy (non-hydrogen) atoms. The molecule has 0 spiro atoms. The smallest absolute Gasteiger partial charge is 0.0851 e. The van der Waals surface area contributed by atoms with E-state index in [4.69, 9.17) is 16.2 Å². The van der Waals surface area contributed by atoms with Crippen molar-refractivity contribution in [2.45, 2.75) is 19.4 Å². The summed E-state index contributed by atoms with van der Waals surface area (Å²) in [5.74, 6) is 0. The predicted molar refractivity (Wildman–Crippen MR) is 53.4 cm³/mol. The van der Waals surface area contributed by atoms with E-state index in [-0.39, 0.29) is 0 Å². The molecule has 0 radical (unpaired) electrons. The highest BCUT2D eigenvalue weighted by molar-refractivity contribution is 5.69. The van der Waals surface area contributed by atoms with Crippen molar-refractivity contribution < 1.29 is 4.74 Å². The van der Waals surface area contributed by atoms with Crippen molar-refractivity contribution in [2.24, 2.45) is 0 Å². The lowest BCUT2D eigenvalue weighted by Gasteiger charge is -2.10. The highest BCUT2D eigenvalue weighted by atomic mass is 16.6. The van der Waals surface area contributed by atoms with E-state index in [1.54, 1.807) is 0 Å². The summed E-state index contributed by atoms with van der Waals surface area (Å²) in [5, 5.41) is 0. The Kier molecular flexibility index (Phi) is 1.88. The third-order valence-electron chi connectivity index (χ3n) is 2.46. The van der Waals surface area contributed by atoms with E-state index < -0.39 is 0 Å². The van der Waals surface area contributed by atoms with Crippen LogP contribution >= 0.6 is 0 Å². The van der Waals surface area contributed by atoms with E-state index in [0.717, 1.165) is 24.3 Å². The van der Waals surface area contributed by atoms with Gasteiger partial charge in [-0.25, -0.2) is 0 Å². The summed E-state index contributed by atoms with van der Waals surface area (Å²) < 4.78 is 5.17. The minimum absolute atomic E-state index is 0.364. The molecule has 1 aliphatic heterocycles. The van der Waals surface area contributed by atoms with Crippen LogP contribution in [-0.4, -0.2) is 12.7 Å². The van der Waals surface area contributed by atoms with Crippen molar-refractivity contribution in [1.82, 2.24) is 0 Å². The average molecular weight is 178 g/mol. The van der Waals surface area contributed by atoms with Gasteiger partial charge in [0.2, 0.25) is 0 Å². The molecule has 2 rings (SSSR count). The van der Waals surface area contributed by atoms with Crippen LogP contribution in [0.2, 0.25) is 0 Å². The number of aryl methyl sites for hydroxylation is 1. The Bertz CT molecular complexity index is 332. The maximum Gasteiger partial charge on any atom is 0.0851 e. The van der Waals surface area contributed by atoms with Crippen molar-refractivity contribution in [3.63, 3.8) is 0 Å². The third kappa shape index (κ3) is 1.60. The zero-order valence-electron chi connectivity index (χ0n) is 7.71. The number of hydrogen-bond acceptors (Lipinski definition) is 3. The van der Waals surface area contributed by atoms with Crippen LogP contribution in [0.1, 0.15) is 11.1 Å². The fraction of sp³-hybridized carbons (Fsp3) is 0.400. The van der Waals surface area contributed by atoms with Crippen LogP contribution in [0.4, 0.5) is 11.4 Å². The van der Waals surface area contributed by atoms with E-state index >= 15 is 0 Å². The van der Waals surface area contributed by atoms with Gasteiger partial charge in [0.05, 0.1) is 24.1 Å². The van der Waals surface area contributed by atoms with Crippen LogP contribution in [0.25, 0.3) is 0 Å². The second-order valence-corrected chi connectivity index (χ2v) is 3.52. The van der Waals surface area contributed by atoms with Gasteiger partial charge in [0.1, 0.15) is 0 Å². The number of benzene rings is 1. The lowest BCUT2D eigenvalue weighted by Crippen LogP contribution is -2.04. The molecule has 1 aliphatic rings. The minimum atomic E-state index is 0.364. The molecule has 0 aliphatic carbocycles. The van der Waals surface area contributed by atoms with Gasteiger partial charge in [-0.2, -0.15) is 0 Å². The summed E-state index contributed by atoms with van der Waals surface area (Å²) in [6, 6.07) is 3.85. The molecule has 1 aromatic rings. The van der Waals surface area contributed by atoms with Gasteiger partial charge in [-0.1, -0.05) is 6.07 Å². The van der Waals surface area contributed by atoms with Gasteiger partial charge in [0.15, 0.2) is 0 Å². The quantitative estimate of drug-likeness (QED) is 0.526. The Morgan fingerprint density at radius 1 is 1.46 bits per heavy atom. The lowest BCUT2D eigenvalue weighted by molar-refractivity contribution is 0.407. The van der Waals surface area contributed by atoms with E-state index in [0.29, 0.717) is 11.8 Å². The predicted octanol–water partition coefficient (Wildman–Crippen LogP) is 1.10. The number of ether oxygens (including phenoxy) is 1. The normalized spacial score (nSPS) is 20.2. The molecule has 1 aromatic carbocycles. The van der Waals surface area contributed by atoms with Gasteiger partial charge in [-0.05, 0) is 24.1 Å². The maximum atomic E-state index is 5.88. The molecule has 3 nitrogen and oxygen atoms in total. The molecule has 0 aromatic heterocycles. The summed E-state index contributed by atoms with van der Waals surface area (Å²) in [6.07, 6.45) is 1.26. The second-order valence-electron chi connectivity index (χ2n) is 3.52. The Labute approximate surface area is 77.7 Å². The molecule has 0 bridgehead atoms. The van der Waals surface area contributed by atoms with Crippen LogP contribution in [0, 0.1) is 6.92 Å². The molecular formula is C10H14N2O. The van der Waals surface area contributed by atoms with Crippen molar-refractivity contribution in [3.8, 4) is 0 Å². The van der Waals surface area contributed by atoms with Gasteiger partial charge in [-0.3, -0.25) is 0 Å². The van der Waals surface area contributed by atoms with E-state index in [2.05, 4.69) is 0 Å². The van der Waals surface area contributed by atoms with Crippen molar-refractivity contribution in [1.29, 1.82) is 0 Å². The molecule has 4 N–H and O–H groups in total. The first-order chi connectivity index (χ1) is 6.18. The van der Waals surface area contributed by atoms with Crippen LogP contribution in [-0.2, 0) is 11.2 Å². The Morgan fingerprint density at radius 3 is 2.77 bits per heavy atom. The summed E-state index contributed by atoms with van der Waals surface area (Å²) >= 11 is 0. The van der Waals surface area contributed by atoms with Gasteiger partial charge in [0.25, 0.3) is 0 Å². The van der Waals surface area contributed by atoms with Crippen molar-refractivity contribution in [2.75, 3.05) is 18.1 Å². The van der Waals surface area contributed by atoms with Gasteiger partial charge < -0.3 is 16.2 Å². The van der Waals surface area contributed by atoms with E-state index in [1.807, 2.05) is 19.1 Å². The summed E-state index contributed by atoms with van der Waals surface area (Å²) in [7, 11) is 0. The monoisotopic (exact) mass is 178 g/mol. The first-order valence-electron chi connectivity index (χ1n) is 4.43. The standard InChI is InChI=1S/C10H14N2O/c1-6-2-3-9(11)10(12)8(6)4-7-5-13-7/h2-3,7H,4-5,11-12H2,1H3. The van der Waals surface area contributed by atoms with Gasteiger partial charge in [0, 0.05) is 6.42 Å². The zero-order valence-corrected chi connectivity index (χ0v) is 7.71. The van der Waals surface area contributed by atoms with Crippen LogP contribution in [0.3, 0.4) is 0 Å². The number of anilines is 2. The summed E-state index contributed by atoms with van der Waals surface area (Å²) in [6.45, 7) is 2.90. The number of hydrogen-bond donors (Lipinski definition) is 2. The summed E-state index contributed by atoms with van der Waals surface area (Å²) in [4.78, 5) is 0.